The predicted octanol–water partition coefficient (Wildman–Crippen LogP) is 8.22. The molecule has 0 aliphatic carbocycles. The first-order valence-electron chi connectivity index (χ1n) is 17.0. The standard InChI is InChI=1S/C34H62O7S2Si/c1-12-24(5)29(41-44(13-2,14-3)15-4)31-30(39-33(9,10)40-31)27(36-11)17-18-28(35)34(42-21-16-22-43-34)23-25(6)26-19-20-37-32(7,8)38-26/h12,24-27,29-31H,1,13-23H2,2-11H3/t24-,25-,26+,27-,29-,30-,31-/m1/s1. The molecule has 7 atom stereocenters. The normalized spacial score (nSPS) is 29.5. The van der Waals surface area contributed by atoms with E-state index in [2.05, 4.69) is 41.2 Å². The molecular formula is C34H62O7S2Si. The minimum absolute atomic E-state index is 0.0767. The summed E-state index contributed by atoms with van der Waals surface area (Å²) in [5.41, 5.74) is 0. The van der Waals surface area contributed by atoms with Gasteiger partial charge in [0.1, 0.15) is 16.3 Å². The van der Waals surface area contributed by atoms with E-state index >= 15 is 0 Å². The maximum atomic E-state index is 14.2. The fraction of sp³-hybridized carbons (Fsp3) is 0.912. The van der Waals surface area contributed by atoms with E-state index in [4.69, 9.17) is 28.1 Å². The Morgan fingerprint density at radius 1 is 1.00 bits per heavy atom. The Kier molecular flexibility index (Phi) is 14.4. The first-order valence-corrected chi connectivity index (χ1v) is 21.5. The topological polar surface area (TPSA) is 72.5 Å². The zero-order valence-electron chi connectivity index (χ0n) is 29.3. The number of Topliss-reactive ketones (excluding diaryl/α,β-unsaturated/α-hetero) is 1. The van der Waals surface area contributed by atoms with Gasteiger partial charge in [0.2, 0.25) is 0 Å². The first kappa shape index (κ1) is 38.5. The molecule has 0 N–H and O–H groups in total. The summed E-state index contributed by atoms with van der Waals surface area (Å²) in [4.78, 5) is 14.2. The Hall–Kier alpha value is 0.0869. The van der Waals surface area contributed by atoms with Gasteiger partial charge < -0.3 is 28.1 Å². The van der Waals surface area contributed by atoms with Gasteiger partial charge in [-0.15, -0.1) is 30.1 Å². The van der Waals surface area contributed by atoms with Crippen LogP contribution in [-0.4, -0.2) is 85.5 Å². The number of rotatable bonds is 17. The van der Waals surface area contributed by atoms with Gasteiger partial charge in [-0.05, 0) is 88.9 Å². The van der Waals surface area contributed by atoms with Gasteiger partial charge in [0.05, 0.1) is 24.9 Å². The third kappa shape index (κ3) is 9.59. The molecule has 10 heteroatoms. The second-order valence-electron chi connectivity index (χ2n) is 13.9. The second-order valence-corrected chi connectivity index (χ2v) is 21.7. The molecule has 3 aliphatic heterocycles. The summed E-state index contributed by atoms with van der Waals surface area (Å²) >= 11 is 3.66. The van der Waals surface area contributed by atoms with E-state index in [0.29, 0.717) is 25.2 Å². The summed E-state index contributed by atoms with van der Waals surface area (Å²) in [6, 6.07) is 3.16. The number of ether oxygens (including phenoxy) is 5. The highest BCUT2D eigenvalue weighted by molar-refractivity contribution is 8.19. The highest BCUT2D eigenvalue weighted by Crippen LogP contribution is 2.49. The van der Waals surface area contributed by atoms with E-state index < -0.39 is 24.0 Å². The minimum Gasteiger partial charge on any atom is -0.411 e. The summed E-state index contributed by atoms with van der Waals surface area (Å²) in [5.74, 6) is 1.26. The highest BCUT2D eigenvalue weighted by atomic mass is 32.2. The number of carbonyl (C=O) groups excluding carboxylic acids is 1. The van der Waals surface area contributed by atoms with Gasteiger partial charge in [0, 0.05) is 19.4 Å². The van der Waals surface area contributed by atoms with Gasteiger partial charge in [0.25, 0.3) is 0 Å². The summed E-state index contributed by atoms with van der Waals surface area (Å²) in [6.45, 7) is 23.8. The number of hydrogen-bond acceptors (Lipinski definition) is 9. The van der Waals surface area contributed by atoms with Crippen LogP contribution in [0, 0.1) is 11.8 Å². The predicted molar refractivity (Wildman–Crippen MR) is 186 cm³/mol. The molecule has 3 saturated heterocycles. The van der Waals surface area contributed by atoms with Gasteiger partial charge in [-0.25, -0.2) is 0 Å². The molecular weight excluding hydrogens is 613 g/mol. The average Bonchev–Trinajstić information content (AvgIpc) is 3.32. The van der Waals surface area contributed by atoms with Crippen molar-refractivity contribution in [2.45, 2.75) is 159 Å². The highest BCUT2D eigenvalue weighted by Gasteiger charge is 2.52. The molecule has 256 valence electrons. The summed E-state index contributed by atoms with van der Waals surface area (Å²) < 4.78 is 38.1. The van der Waals surface area contributed by atoms with E-state index in [9.17, 15) is 4.79 Å². The van der Waals surface area contributed by atoms with E-state index in [1.165, 1.54) is 0 Å². The molecule has 3 aliphatic rings. The molecule has 3 fully saturated rings. The van der Waals surface area contributed by atoms with Crippen molar-refractivity contribution in [2.24, 2.45) is 11.8 Å². The van der Waals surface area contributed by atoms with Gasteiger partial charge >= 0.3 is 0 Å². The van der Waals surface area contributed by atoms with Crippen LogP contribution in [0.5, 0.6) is 0 Å². The maximum Gasteiger partial charge on any atom is 0.192 e. The van der Waals surface area contributed by atoms with Gasteiger partial charge in [0.15, 0.2) is 25.7 Å². The van der Waals surface area contributed by atoms with Crippen LogP contribution in [-0.2, 0) is 32.9 Å². The molecule has 0 bridgehead atoms. The molecule has 44 heavy (non-hydrogen) atoms. The molecule has 0 amide bonds. The van der Waals surface area contributed by atoms with Crippen LogP contribution in [0.3, 0.4) is 0 Å². The first-order chi connectivity index (χ1) is 20.7. The number of carbonyl (C=O) groups is 1. The Bertz CT molecular complexity index is 913. The smallest absolute Gasteiger partial charge is 0.192 e. The molecule has 3 heterocycles. The number of hydrogen-bond donors (Lipinski definition) is 0. The number of thioether (sulfide) groups is 2. The lowest BCUT2D eigenvalue weighted by Crippen LogP contribution is -2.52. The largest absolute Gasteiger partial charge is 0.411 e. The van der Waals surface area contributed by atoms with Crippen molar-refractivity contribution in [1.82, 2.24) is 0 Å². The fourth-order valence-electron chi connectivity index (χ4n) is 6.94. The SMILES string of the molecule is C=C[C@@H](C)[C@@H](O[Si](CC)(CC)CC)[C@H]1OC(C)(C)O[C@@H]1[C@@H](CCC(=O)C1(C[C@@H](C)[C@@H]2CCOC(C)(C)O2)SCCCS1)OC. The quantitative estimate of drug-likeness (QED) is 0.112. The third-order valence-electron chi connectivity index (χ3n) is 9.92. The molecule has 0 unspecified atom stereocenters. The van der Waals surface area contributed by atoms with Crippen LogP contribution in [0.2, 0.25) is 18.1 Å². The van der Waals surface area contributed by atoms with Gasteiger partial charge in [-0.1, -0.05) is 40.7 Å². The molecule has 0 spiro atoms. The lowest BCUT2D eigenvalue weighted by atomic mass is 9.90. The molecule has 0 aromatic rings. The monoisotopic (exact) mass is 674 g/mol. The van der Waals surface area contributed by atoms with Crippen LogP contribution >= 0.6 is 23.5 Å². The van der Waals surface area contributed by atoms with E-state index in [1.54, 1.807) is 7.11 Å². The number of methoxy groups -OCH3 is 1. The lowest BCUT2D eigenvalue weighted by Gasteiger charge is -2.42. The average molecular weight is 675 g/mol. The molecule has 7 nitrogen and oxygen atoms in total. The van der Waals surface area contributed by atoms with Crippen molar-refractivity contribution in [1.29, 1.82) is 0 Å². The molecule has 0 radical (unpaired) electrons. The van der Waals surface area contributed by atoms with E-state index in [0.717, 1.165) is 48.9 Å². The Balaban J connectivity index is 1.79. The summed E-state index contributed by atoms with van der Waals surface area (Å²) in [7, 11) is -0.233. The van der Waals surface area contributed by atoms with Crippen molar-refractivity contribution in [3.63, 3.8) is 0 Å². The van der Waals surface area contributed by atoms with E-state index in [1.807, 2.05) is 57.3 Å². The summed E-state index contributed by atoms with van der Waals surface area (Å²) in [6.07, 6.45) is 4.65. The Labute approximate surface area is 278 Å². The van der Waals surface area contributed by atoms with Crippen molar-refractivity contribution in [2.75, 3.05) is 25.2 Å². The zero-order valence-corrected chi connectivity index (χ0v) is 31.9. The van der Waals surface area contributed by atoms with Crippen LogP contribution in [0.15, 0.2) is 12.7 Å². The Morgan fingerprint density at radius 2 is 1.61 bits per heavy atom. The summed E-state index contributed by atoms with van der Waals surface area (Å²) in [5, 5.41) is 0. The fourth-order valence-corrected chi connectivity index (χ4v) is 13.4. The molecule has 0 aromatic carbocycles. The Morgan fingerprint density at radius 3 is 2.16 bits per heavy atom. The van der Waals surface area contributed by atoms with Gasteiger partial charge in [-0.2, -0.15) is 0 Å². The van der Waals surface area contributed by atoms with Crippen molar-refractivity contribution >= 4 is 37.6 Å². The zero-order chi connectivity index (χ0) is 32.8. The molecule has 3 rings (SSSR count). The lowest BCUT2D eigenvalue weighted by molar-refractivity contribution is -0.281. The third-order valence-corrected chi connectivity index (χ3v) is 18.0. The van der Waals surface area contributed by atoms with E-state index in [-0.39, 0.29) is 42.4 Å². The van der Waals surface area contributed by atoms with Crippen LogP contribution in [0.4, 0.5) is 0 Å². The molecule has 0 saturated carbocycles. The van der Waals surface area contributed by atoms with Crippen LogP contribution in [0.1, 0.15) is 94.4 Å². The van der Waals surface area contributed by atoms with Crippen molar-refractivity contribution in [3.05, 3.63) is 12.7 Å². The second kappa shape index (κ2) is 16.5. The number of ketones is 1. The van der Waals surface area contributed by atoms with Crippen molar-refractivity contribution in [3.8, 4) is 0 Å². The van der Waals surface area contributed by atoms with Gasteiger partial charge in [-0.3, -0.25) is 4.79 Å². The molecule has 0 aromatic heterocycles. The van der Waals surface area contributed by atoms with Crippen molar-refractivity contribution < 1.29 is 32.9 Å². The minimum atomic E-state index is -1.96. The maximum absolute atomic E-state index is 14.2. The van der Waals surface area contributed by atoms with Crippen LogP contribution in [0.25, 0.3) is 0 Å². The van der Waals surface area contributed by atoms with Crippen LogP contribution < -0.4 is 0 Å².